The number of rotatable bonds is 4. The Morgan fingerprint density at radius 3 is 2.24 bits per heavy atom. The van der Waals surface area contributed by atoms with Crippen LogP contribution >= 0.6 is 0 Å². The molecule has 1 heterocycles. The van der Waals surface area contributed by atoms with Crippen LogP contribution in [-0.2, 0) is 0 Å². The topological polar surface area (TPSA) is 26.7 Å². The van der Waals surface area contributed by atoms with Gasteiger partial charge in [-0.05, 0) is 38.0 Å². The summed E-state index contributed by atoms with van der Waals surface area (Å²) in [4.78, 5) is 5.33. The van der Waals surface area contributed by atoms with Gasteiger partial charge in [-0.2, -0.15) is 0 Å². The summed E-state index contributed by atoms with van der Waals surface area (Å²) < 4.78 is 0. The molecule has 122 valence electrons. The van der Waals surface area contributed by atoms with Crippen molar-refractivity contribution < 1.29 is 5.11 Å². The third-order valence-electron chi connectivity index (χ3n) is 6.25. The van der Waals surface area contributed by atoms with Crippen molar-refractivity contribution in [3.8, 4) is 0 Å². The maximum atomic E-state index is 10.4. The maximum Gasteiger partial charge on any atom is 0.0695 e. The quantitative estimate of drug-likeness (QED) is 0.863. The molecule has 3 atom stereocenters. The summed E-state index contributed by atoms with van der Waals surface area (Å²) in [5, 5.41) is 10.4. The predicted molar refractivity (Wildman–Crippen MR) is 87.4 cm³/mol. The van der Waals surface area contributed by atoms with Gasteiger partial charge in [0, 0.05) is 38.3 Å². The molecular weight excluding hydrogens is 260 g/mol. The van der Waals surface area contributed by atoms with Crippen LogP contribution in [0, 0.1) is 5.92 Å². The van der Waals surface area contributed by atoms with Gasteiger partial charge in [0.1, 0.15) is 0 Å². The van der Waals surface area contributed by atoms with E-state index in [0.29, 0.717) is 6.04 Å². The van der Waals surface area contributed by atoms with Gasteiger partial charge in [-0.25, -0.2) is 0 Å². The van der Waals surface area contributed by atoms with Crippen molar-refractivity contribution in [2.45, 2.75) is 82.9 Å². The zero-order valence-electron chi connectivity index (χ0n) is 13.8. The molecule has 0 bridgehead atoms. The van der Waals surface area contributed by atoms with Crippen molar-refractivity contribution in [3.05, 3.63) is 0 Å². The molecule has 21 heavy (non-hydrogen) atoms. The van der Waals surface area contributed by atoms with E-state index in [1.807, 2.05) is 0 Å². The van der Waals surface area contributed by atoms with Gasteiger partial charge in [0.15, 0.2) is 0 Å². The fourth-order valence-electron chi connectivity index (χ4n) is 4.98. The second kappa shape index (κ2) is 7.43. The van der Waals surface area contributed by atoms with Gasteiger partial charge in [-0.15, -0.1) is 0 Å². The van der Waals surface area contributed by atoms with Gasteiger partial charge >= 0.3 is 0 Å². The van der Waals surface area contributed by atoms with E-state index in [4.69, 9.17) is 0 Å². The highest BCUT2D eigenvalue weighted by Crippen LogP contribution is 2.32. The second-order valence-corrected chi connectivity index (χ2v) is 7.61. The van der Waals surface area contributed by atoms with E-state index in [2.05, 4.69) is 16.7 Å². The molecule has 1 N–H and O–H groups in total. The molecular formula is C18H34N2O. The molecule has 3 rings (SSSR count). The Morgan fingerprint density at radius 1 is 0.905 bits per heavy atom. The van der Waals surface area contributed by atoms with Crippen LogP contribution in [0.4, 0.5) is 0 Å². The standard InChI is InChI=1S/C18H34N2O/c1-2-5-15-8-9-18(21)17(14-15)20-12-10-19(11-13-20)16-6-3-4-7-16/h15-18,21H,2-14H2,1H3. The number of hydrogen-bond acceptors (Lipinski definition) is 3. The van der Waals surface area contributed by atoms with Gasteiger partial charge < -0.3 is 5.11 Å². The van der Waals surface area contributed by atoms with Crippen molar-refractivity contribution in [2.75, 3.05) is 26.2 Å². The van der Waals surface area contributed by atoms with Gasteiger partial charge in [-0.1, -0.05) is 32.6 Å². The third-order valence-corrected chi connectivity index (χ3v) is 6.25. The van der Waals surface area contributed by atoms with Crippen molar-refractivity contribution in [3.63, 3.8) is 0 Å². The maximum absolute atomic E-state index is 10.4. The second-order valence-electron chi connectivity index (χ2n) is 7.61. The Labute approximate surface area is 130 Å². The fraction of sp³-hybridized carbons (Fsp3) is 1.00. The Morgan fingerprint density at radius 2 is 1.57 bits per heavy atom. The summed E-state index contributed by atoms with van der Waals surface area (Å²) in [7, 11) is 0. The van der Waals surface area contributed by atoms with E-state index in [-0.39, 0.29) is 6.10 Å². The van der Waals surface area contributed by atoms with Crippen LogP contribution in [0.25, 0.3) is 0 Å². The van der Waals surface area contributed by atoms with E-state index in [0.717, 1.165) is 18.4 Å². The van der Waals surface area contributed by atoms with Crippen molar-refractivity contribution in [2.24, 2.45) is 5.92 Å². The minimum Gasteiger partial charge on any atom is -0.391 e. The number of aliphatic hydroxyl groups excluding tert-OH is 1. The highest BCUT2D eigenvalue weighted by molar-refractivity contribution is 4.90. The lowest BCUT2D eigenvalue weighted by molar-refractivity contribution is -0.0236. The molecule has 0 aromatic heterocycles. The predicted octanol–water partition coefficient (Wildman–Crippen LogP) is 2.88. The Bertz CT molecular complexity index is 308. The van der Waals surface area contributed by atoms with E-state index in [1.54, 1.807) is 0 Å². The summed E-state index contributed by atoms with van der Waals surface area (Å²) >= 11 is 0. The Hall–Kier alpha value is -0.120. The molecule has 3 nitrogen and oxygen atoms in total. The summed E-state index contributed by atoms with van der Waals surface area (Å²) in [5.41, 5.74) is 0. The Kier molecular flexibility index (Phi) is 5.58. The molecule has 3 aliphatic rings. The van der Waals surface area contributed by atoms with Gasteiger partial charge in [-0.3, -0.25) is 9.80 Å². The first-order valence-corrected chi connectivity index (χ1v) is 9.44. The first kappa shape index (κ1) is 15.8. The van der Waals surface area contributed by atoms with E-state index in [1.165, 1.54) is 77.5 Å². The zero-order chi connectivity index (χ0) is 14.7. The molecule has 0 amide bonds. The minimum atomic E-state index is -0.0730. The highest BCUT2D eigenvalue weighted by atomic mass is 16.3. The van der Waals surface area contributed by atoms with Crippen LogP contribution < -0.4 is 0 Å². The zero-order valence-corrected chi connectivity index (χ0v) is 13.8. The third kappa shape index (κ3) is 3.80. The molecule has 2 aliphatic carbocycles. The molecule has 1 saturated heterocycles. The minimum absolute atomic E-state index is 0.0730. The van der Waals surface area contributed by atoms with Gasteiger partial charge in [0.25, 0.3) is 0 Å². The average Bonchev–Trinajstić information content (AvgIpc) is 3.04. The largest absolute Gasteiger partial charge is 0.391 e. The van der Waals surface area contributed by atoms with E-state index < -0.39 is 0 Å². The summed E-state index contributed by atoms with van der Waals surface area (Å²) in [6.45, 7) is 7.10. The summed E-state index contributed by atoms with van der Waals surface area (Å²) in [5.74, 6) is 0.858. The highest BCUT2D eigenvalue weighted by Gasteiger charge is 2.35. The van der Waals surface area contributed by atoms with Crippen molar-refractivity contribution in [1.29, 1.82) is 0 Å². The van der Waals surface area contributed by atoms with Crippen LogP contribution in [0.2, 0.25) is 0 Å². The summed E-state index contributed by atoms with van der Waals surface area (Å²) in [6.07, 6.45) is 11.8. The first-order valence-electron chi connectivity index (χ1n) is 9.44. The number of nitrogens with zero attached hydrogens (tertiary/aromatic N) is 2. The number of hydrogen-bond donors (Lipinski definition) is 1. The molecule has 3 fully saturated rings. The van der Waals surface area contributed by atoms with E-state index in [9.17, 15) is 5.11 Å². The average molecular weight is 294 g/mol. The molecule has 3 unspecified atom stereocenters. The van der Waals surface area contributed by atoms with Gasteiger partial charge in [0.2, 0.25) is 0 Å². The smallest absolute Gasteiger partial charge is 0.0695 e. The Balaban J connectivity index is 1.50. The lowest BCUT2D eigenvalue weighted by Gasteiger charge is -2.45. The van der Waals surface area contributed by atoms with Crippen LogP contribution in [-0.4, -0.2) is 59.3 Å². The number of piperazine rings is 1. The first-order chi connectivity index (χ1) is 10.3. The monoisotopic (exact) mass is 294 g/mol. The SMILES string of the molecule is CCCC1CCC(O)C(N2CCN(C3CCCC3)CC2)C1. The number of aliphatic hydroxyl groups is 1. The molecule has 0 spiro atoms. The van der Waals surface area contributed by atoms with E-state index >= 15 is 0 Å². The molecule has 0 aromatic rings. The molecule has 0 aromatic carbocycles. The lowest BCUT2D eigenvalue weighted by atomic mass is 9.80. The fourth-order valence-corrected chi connectivity index (χ4v) is 4.98. The van der Waals surface area contributed by atoms with Crippen LogP contribution in [0.3, 0.4) is 0 Å². The van der Waals surface area contributed by atoms with Crippen LogP contribution in [0.5, 0.6) is 0 Å². The summed E-state index contributed by atoms with van der Waals surface area (Å²) in [6, 6.07) is 1.32. The molecule has 2 saturated carbocycles. The van der Waals surface area contributed by atoms with Crippen molar-refractivity contribution in [1.82, 2.24) is 9.80 Å². The molecule has 1 aliphatic heterocycles. The molecule has 3 heteroatoms. The molecule has 0 radical (unpaired) electrons. The van der Waals surface area contributed by atoms with Crippen LogP contribution in [0.1, 0.15) is 64.7 Å². The normalized spacial score (nSPS) is 37.1. The van der Waals surface area contributed by atoms with Crippen molar-refractivity contribution >= 4 is 0 Å². The van der Waals surface area contributed by atoms with Crippen LogP contribution in [0.15, 0.2) is 0 Å². The lowest BCUT2D eigenvalue weighted by Crippen LogP contribution is -2.56. The van der Waals surface area contributed by atoms with Gasteiger partial charge in [0.05, 0.1) is 6.10 Å².